The average molecular weight is 265 g/mol. The van der Waals surface area contributed by atoms with E-state index in [1.165, 1.54) is 12.1 Å². The third-order valence-electron chi connectivity index (χ3n) is 3.44. The lowest BCUT2D eigenvalue weighted by Crippen LogP contribution is -2.41. The van der Waals surface area contributed by atoms with Crippen LogP contribution in [0.1, 0.15) is 30.1 Å². The van der Waals surface area contributed by atoms with Crippen LogP contribution in [0.3, 0.4) is 0 Å². The van der Waals surface area contributed by atoms with Crippen LogP contribution in [0.2, 0.25) is 0 Å². The van der Waals surface area contributed by atoms with E-state index in [1.54, 1.807) is 12.1 Å². The Labute approximate surface area is 113 Å². The maximum absolute atomic E-state index is 13.1. The van der Waals surface area contributed by atoms with E-state index in [2.05, 4.69) is 0 Å². The molecule has 1 amide bonds. The lowest BCUT2D eigenvalue weighted by molar-refractivity contribution is 0.0500. The van der Waals surface area contributed by atoms with Crippen molar-refractivity contribution in [1.82, 2.24) is 4.90 Å². The average Bonchev–Trinajstić information content (AvgIpc) is 2.44. The molecule has 2 rings (SSSR count). The third-order valence-corrected chi connectivity index (χ3v) is 3.44. The molecule has 0 aliphatic carbocycles. The Morgan fingerprint density at radius 2 is 2.37 bits per heavy atom. The van der Waals surface area contributed by atoms with Gasteiger partial charge in [0.25, 0.3) is 5.91 Å². The first-order valence-corrected chi connectivity index (χ1v) is 6.83. The lowest BCUT2D eigenvalue weighted by atomic mass is 9.98. The van der Waals surface area contributed by atoms with Crippen LogP contribution in [0, 0.1) is 11.7 Å². The number of carbonyl (C=O) groups is 1. The Hall–Kier alpha value is -1.42. The molecule has 0 aromatic heterocycles. The fourth-order valence-electron chi connectivity index (χ4n) is 2.47. The highest BCUT2D eigenvalue weighted by atomic mass is 19.1. The van der Waals surface area contributed by atoms with Gasteiger partial charge in [-0.3, -0.25) is 4.79 Å². The minimum atomic E-state index is -0.367. The first kappa shape index (κ1) is 14.0. The van der Waals surface area contributed by atoms with Gasteiger partial charge in [0.1, 0.15) is 5.82 Å². The van der Waals surface area contributed by atoms with Crippen molar-refractivity contribution in [3.63, 3.8) is 0 Å². The Morgan fingerprint density at radius 1 is 1.53 bits per heavy atom. The van der Waals surface area contributed by atoms with Crippen LogP contribution in [-0.4, -0.2) is 37.1 Å². The Balaban J connectivity index is 1.99. The number of benzene rings is 1. The number of nitrogens with zero attached hydrogens (tertiary/aromatic N) is 1. The van der Waals surface area contributed by atoms with Crippen molar-refractivity contribution in [2.45, 2.75) is 19.8 Å². The third kappa shape index (κ3) is 3.77. The molecule has 1 atom stereocenters. The molecule has 1 unspecified atom stereocenters. The van der Waals surface area contributed by atoms with E-state index in [-0.39, 0.29) is 11.7 Å². The van der Waals surface area contributed by atoms with Gasteiger partial charge in [0.2, 0.25) is 0 Å². The maximum atomic E-state index is 13.1. The number of rotatable bonds is 4. The highest BCUT2D eigenvalue weighted by Crippen LogP contribution is 2.19. The van der Waals surface area contributed by atoms with Gasteiger partial charge >= 0.3 is 0 Å². The van der Waals surface area contributed by atoms with Crippen LogP contribution in [0.25, 0.3) is 0 Å². The first-order valence-electron chi connectivity index (χ1n) is 6.83. The maximum Gasteiger partial charge on any atom is 0.253 e. The molecule has 1 aliphatic rings. The summed E-state index contributed by atoms with van der Waals surface area (Å²) in [6, 6.07) is 5.89. The minimum Gasteiger partial charge on any atom is -0.381 e. The van der Waals surface area contributed by atoms with Crippen LogP contribution in [-0.2, 0) is 4.74 Å². The van der Waals surface area contributed by atoms with E-state index < -0.39 is 0 Å². The second-order valence-electron chi connectivity index (χ2n) is 4.93. The van der Waals surface area contributed by atoms with Crippen LogP contribution in [0.15, 0.2) is 24.3 Å². The number of hydrogen-bond acceptors (Lipinski definition) is 2. The van der Waals surface area contributed by atoms with Gasteiger partial charge in [-0.2, -0.15) is 0 Å². The summed E-state index contributed by atoms with van der Waals surface area (Å²) in [4.78, 5) is 14.1. The number of piperidine rings is 1. The number of ether oxygens (including phenoxy) is 1. The number of hydrogen-bond donors (Lipinski definition) is 0. The molecule has 0 bridgehead atoms. The van der Waals surface area contributed by atoms with Crippen molar-refractivity contribution in [2.75, 3.05) is 26.3 Å². The van der Waals surface area contributed by atoms with Crippen molar-refractivity contribution in [2.24, 2.45) is 5.92 Å². The molecule has 19 heavy (non-hydrogen) atoms. The van der Waals surface area contributed by atoms with Gasteiger partial charge < -0.3 is 9.64 Å². The molecule has 1 aliphatic heterocycles. The van der Waals surface area contributed by atoms with Gasteiger partial charge in [-0.25, -0.2) is 4.39 Å². The topological polar surface area (TPSA) is 29.5 Å². The van der Waals surface area contributed by atoms with Gasteiger partial charge in [0.05, 0.1) is 6.61 Å². The molecule has 1 aromatic carbocycles. The molecule has 1 fully saturated rings. The molecule has 0 saturated carbocycles. The normalized spacial score (nSPS) is 19.5. The van der Waals surface area contributed by atoms with E-state index >= 15 is 0 Å². The minimum absolute atomic E-state index is 0.0827. The zero-order valence-corrected chi connectivity index (χ0v) is 11.3. The quantitative estimate of drug-likeness (QED) is 0.837. The Kier molecular flexibility index (Phi) is 4.91. The summed E-state index contributed by atoms with van der Waals surface area (Å²) in [7, 11) is 0. The fourth-order valence-corrected chi connectivity index (χ4v) is 2.47. The molecule has 1 saturated heterocycles. The SMILES string of the molecule is CCOCC1CCCN(C(=O)c2cccc(F)c2)C1. The van der Waals surface area contributed by atoms with Crippen molar-refractivity contribution >= 4 is 5.91 Å². The largest absolute Gasteiger partial charge is 0.381 e. The predicted octanol–water partition coefficient (Wildman–Crippen LogP) is 2.71. The van der Waals surface area contributed by atoms with Crippen molar-refractivity contribution in [3.05, 3.63) is 35.6 Å². The van der Waals surface area contributed by atoms with Gasteiger partial charge in [-0.15, -0.1) is 0 Å². The van der Waals surface area contributed by atoms with E-state index in [0.717, 1.165) is 19.4 Å². The van der Waals surface area contributed by atoms with E-state index in [4.69, 9.17) is 4.74 Å². The Bertz CT molecular complexity index is 436. The van der Waals surface area contributed by atoms with Crippen LogP contribution < -0.4 is 0 Å². The van der Waals surface area contributed by atoms with Crippen molar-refractivity contribution in [1.29, 1.82) is 0 Å². The first-order chi connectivity index (χ1) is 9.20. The summed E-state index contributed by atoms with van der Waals surface area (Å²) in [6.45, 7) is 4.82. The lowest BCUT2D eigenvalue weighted by Gasteiger charge is -2.32. The summed E-state index contributed by atoms with van der Waals surface area (Å²) < 4.78 is 18.6. The smallest absolute Gasteiger partial charge is 0.253 e. The summed E-state index contributed by atoms with van der Waals surface area (Å²) in [5.41, 5.74) is 0.428. The second-order valence-corrected chi connectivity index (χ2v) is 4.93. The van der Waals surface area contributed by atoms with E-state index in [0.29, 0.717) is 31.2 Å². The molecule has 104 valence electrons. The summed E-state index contributed by atoms with van der Waals surface area (Å²) in [6.07, 6.45) is 2.08. The van der Waals surface area contributed by atoms with Gasteiger partial charge in [-0.05, 0) is 43.9 Å². The number of likely N-dealkylation sites (tertiary alicyclic amines) is 1. The highest BCUT2D eigenvalue weighted by Gasteiger charge is 2.24. The summed E-state index contributed by atoms with van der Waals surface area (Å²) in [5.74, 6) is -0.0550. The standard InChI is InChI=1S/C15H20FNO2/c1-2-19-11-12-5-4-8-17(10-12)15(18)13-6-3-7-14(16)9-13/h3,6-7,9,12H,2,4-5,8,10-11H2,1H3. The van der Waals surface area contributed by atoms with Gasteiger partial charge in [-0.1, -0.05) is 6.07 Å². The fraction of sp³-hybridized carbons (Fsp3) is 0.533. The molecule has 1 aromatic rings. The zero-order chi connectivity index (χ0) is 13.7. The van der Waals surface area contributed by atoms with Gasteiger partial charge in [0, 0.05) is 25.3 Å². The van der Waals surface area contributed by atoms with Crippen molar-refractivity contribution < 1.29 is 13.9 Å². The molecular weight excluding hydrogens is 245 g/mol. The summed E-state index contributed by atoms with van der Waals surface area (Å²) in [5, 5.41) is 0. The molecule has 0 spiro atoms. The number of amides is 1. The molecule has 0 N–H and O–H groups in total. The van der Waals surface area contributed by atoms with E-state index in [1.807, 2.05) is 11.8 Å². The monoisotopic (exact) mass is 265 g/mol. The Morgan fingerprint density at radius 3 is 3.11 bits per heavy atom. The second kappa shape index (κ2) is 6.66. The van der Waals surface area contributed by atoms with E-state index in [9.17, 15) is 9.18 Å². The van der Waals surface area contributed by atoms with Crippen LogP contribution >= 0.6 is 0 Å². The summed E-state index contributed by atoms with van der Waals surface area (Å²) >= 11 is 0. The number of carbonyl (C=O) groups excluding carboxylic acids is 1. The molecular formula is C15H20FNO2. The predicted molar refractivity (Wildman–Crippen MR) is 71.5 cm³/mol. The van der Waals surface area contributed by atoms with Crippen molar-refractivity contribution in [3.8, 4) is 0 Å². The zero-order valence-electron chi connectivity index (χ0n) is 11.3. The van der Waals surface area contributed by atoms with Crippen LogP contribution in [0.5, 0.6) is 0 Å². The number of halogens is 1. The molecule has 4 heteroatoms. The van der Waals surface area contributed by atoms with Crippen LogP contribution in [0.4, 0.5) is 4.39 Å². The molecule has 1 heterocycles. The highest BCUT2D eigenvalue weighted by molar-refractivity contribution is 5.94. The molecule has 3 nitrogen and oxygen atoms in total. The molecule has 0 radical (unpaired) electrons. The van der Waals surface area contributed by atoms with Gasteiger partial charge in [0.15, 0.2) is 0 Å².